The third-order valence-corrected chi connectivity index (χ3v) is 3.00. The van der Waals surface area contributed by atoms with Gasteiger partial charge >= 0.3 is 6.36 Å². The van der Waals surface area contributed by atoms with E-state index in [1.165, 1.54) is 12.1 Å². The summed E-state index contributed by atoms with van der Waals surface area (Å²) >= 11 is 3.01. The van der Waals surface area contributed by atoms with Gasteiger partial charge in [-0.2, -0.15) is 0 Å². The monoisotopic (exact) mass is 362 g/mol. The van der Waals surface area contributed by atoms with Crippen LogP contribution < -0.4 is 9.47 Å². The summed E-state index contributed by atoms with van der Waals surface area (Å²) in [5.74, 6) is 0.271. The van der Waals surface area contributed by atoms with Gasteiger partial charge in [0.05, 0.1) is 15.9 Å². The first kappa shape index (κ1) is 15.6. The maximum atomic E-state index is 12.2. The molecule has 4 nitrogen and oxygen atoms in total. The van der Waals surface area contributed by atoms with E-state index in [2.05, 4.69) is 30.6 Å². The molecule has 21 heavy (non-hydrogen) atoms. The Hall–Kier alpha value is -1.83. The quantitative estimate of drug-likeness (QED) is 0.803. The Kier molecular flexibility index (Phi) is 4.36. The third kappa shape index (κ3) is 4.32. The SMILES string of the molecule is Cc1cnc(C)c(Oc2ccc(OC(F)(F)F)c(Br)c2)n1. The Balaban J connectivity index is 2.22. The summed E-state index contributed by atoms with van der Waals surface area (Å²) in [6.07, 6.45) is -3.15. The first-order valence-corrected chi connectivity index (χ1v) is 6.57. The number of benzene rings is 1. The maximum absolute atomic E-state index is 12.2. The van der Waals surface area contributed by atoms with Crippen LogP contribution in [0.15, 0.2) is 28.9 Å². The second kappa shape index (κ2) is 5.88. The van der Waals surface area contributed by atoms with Gasteiger partial charge in [-0.25, -0.2) is 4.98 Å². The van der Waals surface area contributed by atoms with Crippen molar-refractivity contribution in [2.75, 3.05) is 0 Å². The number of rotatable bonds is 3. The number of halogens is 4. The molecule has 0 saturated carbocycles. The zero-order valence-corrected chi connectivity index (χ0v) is 12.6. The minimum atomic E-state index is -4.75. The van der Waals surface area contributed by atoms with Crippen molar-refractivity contribution in [1.29, 1.82) is 0 Å². The largest absolute Gasteiger partial charge is 0.573 e. The van der Waals surface area contributed by atoms with E-state index in [4.69, 9.17) is 4.74 Å². The lowest BCUT2D eigenvalue weighted by molar-refractivity contribution is -0.274. The van der Waals surface area contributed by atoms with Gasteiger partial charge in [0.1, 0.15) is 11.5 Å². The molecule has 0 bridgehead atoms. The highest BCUT2D eigenvalue weighted by Crippen LogP contribution is 2.34. The van der Waals surface area contributed by atoms with Crippen LogP contribution in [0.2, 0.25) is 0 Å². The smallest absolute Gasteiger partial charge is 0.437 e. The van der Waals surface area contributed by atoms with Crippen molar-refractivity contribution in [2.45, 2.75) is 20.2 Å². The van der Waals surface area contributed by atoms with Gasteiger partial charge < -0.3 is 9.47 Å². The predicted octanol–water partition coefficient (Wildman–Crippen LogP) is 4.55. The summed E-state index contributed by atoms with van der Waals surface area (Å²) in [5, 5.41) is 0. The van der Waals surface area contributed by atoms with E-state index in [9.17, 15) is 13.2 Å². The number of nitrogens with zero attached hydrogens (tertiary/aromatic N) is 2. The van der Waals surface area contributed by atoms with Gasteiger partial charge in [-0.15, -0.1) is 13.2 Å². The van der Waals surface area contributed by atoms with Gasteiger partial charge in [-0.3, -0.25) is 4.98 Å². The third-order valence-electron chi connectivity index (χ3n) is 2.38. The van der Waals surface area contributed by atoms with Crippen LogP contribution in [0.3, 0.4) is 0 Å². The molecule has 0 radical (unpaired) electrons. The van der Waals surface area contributed by atoms with Crippen molar-refractivity contribution in [3.8, 4) is 17.4 Å². The Labute approximate surface area is 127 Å². The fourth-order valence-electron chi connectivity index (χ4n) is 1.48. The molecule has 0 fully saturated rings. The maximum Gasteiger partial charge on any atom is 0.573 e. The van der Waals surface area contributed by atoms with E-state index in [0.29, 0.717) is 23.0 Å². The zero-order valence-electron chi connectivity index (χ0n) is 11.0. The molecular formula is C13H10BrF3N2O2. The van der Waals surface area contributed by atoms with Gasteiger partial charge in [0.15, 0.2) is 0 Å². The molecule has 2 aromatic rings. The van der Waals surface area contributed by atoms with Crippen LogP contribution in [0.1, 0.15) is 11.4 Å². The lowest BCUT2D eigenvalue weighted by Crippen LogP contribution is -2.17. The average molecular weight is 363 g/mol. The molecule has 0 aliphatic carbocycles. The highest BCUT2D eigenvalue weighted by atomic mass is 79.9. The molecule has 0 atom stereocenters. The predicted molar refractivity (Wildman–Crippen MR) is 72.4 cm³/mol. The van der Waals surface area contributed by atoms with E-state index in [1.807, 2.05) is 0 Å². The fourth-order valence-corrected chi connectivity index (χ4v) is 1.91. The summed E-state index contributed by atoms with van der Waals surface area (Å²) in [5.41, 5.74) is 1.25. The number of alkyl halides is 3. The molecule has 0 unspecified atom stereocenters. The van der Waals surface area contributed by atoms with Crippen molar-refractivity contribution in [2.24, 2.45) is 0 Å². The molecule has 0 amide bonds. The molecular weight excluding hydrogens is 353 g/mol. The Morgan fingerprint density at radius 2 is 1.90 bits per heavy atom. The zero-order chi connectivity index (χ0) is 15.6. The minimum absolute atomic E-state index is 0.121. The molecule has 112 valence electrons. The topological polar surface area (TPSA) is 44.2 Å². The molecule has 1 aromatic carbocycles. The number of aryl methyl sites for hydroxylation is 2. The minimum Gasteiger partial charge on any atom is -0.437 e. The summed E-state index contributed by atoms with van der Waals surface area (Å²) in [6.45, 7) is 3.48. The van der Waals surface area contributed by atoms with Gasteiger partial charge in [0.25, 0.3) is 0 Å². The molecule has 1 heterocycles. The van der Waals surface area contributed by atoms with Gasteiger partial charge in [0.2, 0.25) is 5.88 Å². The van der Waals surface area contributed by atoms with Crippen LogP contribution in [0.4, 0.5) is 13.2 Å². The number of ether oxygens (including phenoxy) is 2. The first-order chi connectivity index (χ1) is 9.74. The van der Waals surface area contributed by atoms with Crippen molar-refractivity contribution in [3.05, 3.63) is 40.3 Å². The summed E-state index contributed by atoms with van der Waals surface area (Å²) in [4.78, 5) is 8.26. The highest BCUT2D eigenvalue weighted by Gasteiger charge is 2.32. The average Bonchev–Trinajstić information content (AvgIpc) is 2.36. The summed E-state index contributed by atoms with van der Waals surface area (Å²) in [6, 6.07) is 3.88. The van der Waals surface area contributed by atoms with Crippen LogP contribution in [0.25, 0.3) is 0 Å². The van der Waals surface area contributed by atoms with Crippen molar-refractivity contribution < 1.29 is 22.6 Å². The second-order valence-corrected chi connectivity index (χ2v) is 5.00. The molecule has 0 spiro atoms. The second-order valence-electron chi connectivity index (χ2n) is 4.14. The highest BCUT2D eigenvalue weighted by molar-refractivity contribution is 9.10. The summed E-state index contributed by atoms with van der Waals surface area (Å²) in [7, 11) is 0. The first-order valence-electron chi connectivity index (χ1n) is 5.78. The lowest BCUT2D eigenvalue weighted by atomic mass is 10.3. The summed E-state index contributed by atoms with van der Waals surface area (Å²) < 4.78 is 46.0. The Morgan fingerprint density at radius 3 is 2.52 bits per heavy atom. The standard InChI is InChI=1S/C13H10BrF3N2O2/c1-7-6-18-8(2)12(19-7)20-9-3-4-11(10(14)5-9)21-13(15,16)17/h3-6H,1-2H3. The van der Waals surface area contributed by atoms with E-state index >= 15 is 0 Å². The Morgan fingerprint density at radius 1 is 1.19 bits per heavy atom. The molecule has 0 aliphatic rings. The number of hydrogen-bond donors (Lipinski definition) is 0. The van der Waals surface area contributed by atoms with Crippen LogP contribution >= 0.6 is 15.9 Å². The number of hydrogen-bond acceptors (Lipinski definition) is 4. The van der Waals surface area contributed by atoms with Gasteiger partial charge in [-0.05, 0) is 48.0 Å². The van der Waals surface area contributed by atoms with Gasteiger partial charge in [-0.1, -0.05) is 0 Å². The molecule has 0 aliphatic heterocycles. The van der Waals surface area contributed by atoms with Crippen molar-refractivity contribution >= 4 is 15.9 Å². The van der Waals surface area contributed by atoms with E-state index < -0.39 is 6.36 Å². The Bertz CT molecular complexity index is 662. The molecule has 1 aromatic heterocycles. The van der Waals surface area contributed by atoms with Crippen LogP contribution in [-0.4, -0.2) is 16.3 Å². The lowest BCUT2D eigenvalue weighted by Gasteiger charge is -2.12. The van der Waals surface area contributed by atoms with Gasteiger partial charge in [0, 0.05) is 6.20 Å². The number of aromatic nitrogens is 2. The van der Waals surface area contributed by atoms with E-state index in [0.717, 1.165) is 6.07 Å². The fraction of sp³-hybridized carbons (Fsp3) is 0.231. The van der Waals surface area contributed by atoms with E-state index in [1.54, 1.807) is 20.0 Å². The van der Waals surface area contributed by atoms with Crippen molar-refractivity contribution in [1.82, 2.24) is 9.97 Å². The van der Waals surface area contributed by atoms with E-state index in [-0.39, 0.29) is 10.2 Å². The molecule has 0 saturated heterocycles. The van der Waals surface area contributed by atoms with Crippen molar-refractivity contribution in [3.63, 3.8) is 0 Å². The van der Waals surface area contributed by atoms with Crippen LogP contribution in [0, 0.1) is 13.8 Å². The molecule has 0 N–H and O–H groups in total. The van der Waals surface area contributed by atoms with Crippen LogP contribution in [-0.2, 0) is 0 Å². The van der Waals surface area contributed by atoms with Crippen LogP contribution in [0.5, 0.6) is 17.4 Å². The molecule has 2 rings (SSSR count). The normalized spacial score (nSPS) is 11.3. The molecule has 8 heteroatoms.